The molecule has 2 heterocycles. The molecule has 1 aromatic heterocycles. The number of halogens is 1. The van der Waals surface area contributed by atoms with E-state index in [1.54, 1.807) is 6.20 Å². The molecule has 0 bridgehead atoms. The molecule has 4 nitrogen and oxygen atoms in total. The molecule has 1 N–H and O–H groups in total. The van der Waals surface area contributed by atoms with Crippen molar-refractivity contribution in [2.24, 2.45) is 0 Å². The van der Waals surface area contributed by atoms with Crippen molar-refractivity contribution < 1.29 is 4.79 Å². The van der Waals surface area contributed by atoms with Crippen molar-refractivity contribution in [3.8, 4) is 0 Å². The molecule has 1 aliphatic heterocycles. The molecule has 2 rings (SSSR count). The Bertz CT molecular complexity index is 450. The van der Waals surface area contributed by atoms with E-state index in [9.17, 15) is 4.79 Å². The Morgan fingerprint density at radius 2 is 2.32 bits per heavy atom. The third-order valence-corrected chi connectivity index (χ3v) is 4.38. The standard InChI is InChI=1S/C14H22BrN3O/c1-3-6-14(7-5-8-16-14)13(19)12-11(15)10-17-18(12)9-4-2/h10,16H,3-9H2,1-2H3. The third-order valence-electron chi connectivity index (χ3n) is 3.80. The van der Waals surface area contributed by atoms with Crippen LogP contribution in [0.1, 0.15) is 56.4 Å². The smallest absolute Gasteiger partial charge is 0.201 e. The molecule has 19 heavy (non-hydrogen) atoms. The number of hydrogen-bond acceptors (Lipinski definition) is 3. The SMILES string of the molecule is CCCn1ncc(Br)c1C(=O)C1(CCC)CCCN1. The lowest BCUT2D eigenvalue weighted by Gasteiger charge is -2.28. The fraction of sp³-hybridized carbons (Fsp3) is 0.714. The van der Waals surface area contributed by atoms with Crippen molar-refractivity contribution in [2.75, 3.05) is 6.54 Å². The van der Waals surface area contributed by atoms with Crippen LogP contribution in [0.25, 0.3) is 0 Å². The summed E-state index contributed by atoms with van der Waals surface area (Å²) in [5.41, 5.74) is 0.354. The van der Waals surface area contributed by atoms with Gasteiger partial charge in [-0.15, -0.1) is 0 Å². The largest absolute Gasteiger partial charge is 0.305 e. The van der Waals surface area contributed by atoms with Crippen LogP contribution in [-0.4, -0.2) is 27.6 Å². The van der Waals surface area contributed by atoms with Gasteiger partial charge in [-0.05, 0) is 48.2 Å². The van der Waals surface area contributed by atoms with E-state index in [2.05, 4.69) is 40.2 Å². The van der Waals surface area contributed by atoms with Gasteiger partial charge in [-0.2, -0.15) is 5.10 Å². The van der Waals surface area contributed by atoms with Gasteiger partial charge in [0, 0.05) is 6.54 Å². The second-order valence-electron chi connectivity index (χ2n) is 5.26. The molecular weight excluding hydrogens is 306 g/mol. The Morgan fingerprint density at radius 1 is 1.53 bits per heavy atom. The Balaban J connectivity index is 2.34. The van der Waals surface area contributed by atoms with E-state index >= 15 is 0 Å². The molecule has 5 heteroatoms. The van der Waals surface area contributed by atoms with Gasteiger partial charge in [0.25, 0.3) is 0 Å². The number of carbonyl (C=O) groups excluding carboxylic acids is 1. The number of hydrogen-bond donors (Lipinski definition) is 1. The van der Waals surface area contributed by atoms with Crippen LogP contribution in [0.5, 0.6) is 0 Å². The fourth-order valence-electron chi connectivity index (χ4n) is 2.95. The Morgan fingerprint density at radius 3 is 2.89 bits per heavy atom. The van der Waals surface area contributed by atoms with Gasteiger partial charge in [-0.3, -0.25) is 9.48 Å². The summed E-state index contributed by atoms with van der Waals surface area (Å²) in [7, 11) is 0. The summed E-state index contributed by atoms with van der Waals surface area (Å²) in [5.74, 6) is 0.199. The first-order valence-electron chi connectivity index (χ1n) is 7.15. The van der Waals surface area contributed by atoms with Gasteiger partial charge in [0.1, 0.15) is 5.69 Å². The van der Waals surface area contributed by atoms with Crippen LogP contribution in [0.15, 0.2) is 10.7 Å². The Kier molecular flexibility index (Phi) is 4.79. The topological polar surface area (TPSA) is 46.9 Å². The predicted molar refractivity (Wildman–Crippen MR) is 79.4 cm³/mol. The molecule has 0 spiro atoms. The first-order valence-corrected chi connectivity index (χ1v) is 7.95. The number of rotatable bonds is 6. The molecule has 0 aliphatic carbocycles. The molecule has 0 radical (unpaired) electrons. The highest BCUT2D eigenvalue weighted by Gasteiger charge is 2.42. The molecule has 0 saturated carbocycles. The first-order chi connectivity index (χ1) is 9.14. The highest BCUT2D eigenvalue weighted by atomic mass is 79.9. The van der Waals surface area contributed by atoms with Crippen molar-refractivity contribution in [3.63, 3.8) is 0 Å². The van der Waals surface area contributed by atoms with Crippen LogP contribution in [0.4, 0.5) is 0 Å². The van der Waals surface area contributed by atoms with Gasteiger partial charge in [-0.25, -0.2) is 0 Å². The minimum absolute atomic E-state index is 0.199. The normalized spacial score (nSPS) is 22.9. The van der Waals surface area contributed by atoms with E-state index in [1.165, 1.54) is 0 Å². The summed E-state index contributed by atoms with van der Waals surface area (Å²) < 4.78 is 2.65. The van der Waals surface area contributed by atoms with Gasteiger partial charge < -0.3 is 5.32 Å². The van der Waals surface area contributed by atoms with E-state index in [1.807, 2.05) is 4.68 Å². The van der Waals surface area contributed by atoms with Crippen LogP contribution >= 0.6 is 15.9 Å². The molecule has 0 amide bonds. The number of aromatic nitrogens is 2. The van der Waals surface area contributed by atoms with Gasteiger partial charge in [0.2, 0.25) is 5.78 Å². The number of Topliss-reactive ketones (excluding diaryl/α,β-unsaturated/α-hetero) is 1. The number of aryl methyl sites for hydroxylation is 1. The van der Waals surface area contributed by atoms with Gasteiger partial charge >= 0.3 is 0 Å². The maximum atomic E-state index is 13.0. The summed E-state index contributed by atoms with van der Waals surface area (Å²) in [4.78, 5) is 13.0. The van der Waals surface area contributed by atoms with Gasteiger partial charge in [0.05, 0.1) is 16.2 Å². The lowest BCUT2D eigenvalue weighted by atomic mass is 9.85. The van der Waals surface area contributed by atoms with Crippen LogP contribution in [-0.2, 0) is 6.54 Å². The molecule has 106 valence electrons. The number of nitrogens with one attached hydrogen (secondary N) is 1. The summed E-state index contributed by atoms with van der Waals surface area (Å²) in [6, 6.07) is 0. The van der Waals surface area contributed by atoms with Crippen molar-refractivity contribution in [1.29, 1.82) is 0 Å². The highest BCUT2D eigenvalue weighted by molar-refractivity contribution is 9.10. The summed E-state index contributed by atoms with van der Waals surface area (Å²) in [6.07, 6.45) is 6.63. The van der Waals surface area contributed by atoms with Crippen molar-refractivity contribution in [2.45, 2.75) is 58.0 Å². The zero-order valence-electron chi connectivity index (χ0n) is 11.7. The second-order valence-corrected chi connectivity index (χ2v) is 6.11. The van der Waals surface area contributed by atoms with Gasteiger partial charge in [0.15, 0.2) is 0 Å². The monoisotopic (exact) mass is 327 g/mol. The summed E-state index contributed by atoms with van der Waals surface area (Å²) in [6.45, 7) is 5.95. The average Bonchev–Trinajstić information content (AvgIpc) is 2.98. The Labute approximate surface area is 123 Å². The average molecular weight is 328 g/mol. The second kappa shape index (κ2) is 6.18. The first kappa shape index (κ1) is 14.7. The van der Waals surface area contributed by atoms with E-state index in [-0.39, 0.29) is 11.3 Å². The van der Waals surface area contributed by atoms with Crippen molar-refractivity contribution >= 4 is 21.7 Å². The van der Waals surface area contributed by atoms with Crippen molar-refractivity contribution in [1.82, 2.24) is 15.1 Å². The van der Waals surface area contributed by atoms with Crippen LogP contribution in [0.2, 0.25) is 0 Å². The maximum Gasteiger partial charge on any atom is 0.201 e. The number of carbonyl (C=O) groups is 1. The summed E-state index contributed by atoms with van der Waals surface area (Å²) in [5, 5.41) is 7.75. The van der Waals surface area contributed by atoms with Crippen LogP contribution in [0.3, 0.4) is 0 Å². The number of ketones is 1. The molecular formula is C14H22BrN3O. The fourth-order valence-corrected chi connectivity index (χ4v) is 3.43. The third kappa shape index (κ3) is 2.77. The zero-order chi connectivity index (χ0) is 13.9. The van der Waals surface area contributed by atoms with E-state index < -0.39 is 0 Å². The minimum atomic E-state index is -0.372. The van der Waals surface area contributed by atoms with Gasteiger partial charge in [-0.1, -0.05) is 20.3 Å². The molecule has 1 fully saturated rings. The molecule has 1 atom stereocenters. The van der Waals surface area contributed by atoms with E-state index in [0.717, 1.165) is 55.4 Å². The van der Waals surface area contributed by atoms with E-state index in [0.29, 0.717) is 0 Å². The molecule has 1 unspecified atom stereocenters. The summed E-state index contributed by atoms with van der Waals surface area (Å²) >= 11 is 3.48. The molecule has 1 saturated heterocycles. The maximum absolute atomic E-state index is 13.0. The predicted octanol–water partition coefficient (Wildman–Crippen LogP) is 3.16. The lowest BCUT2D eigenvalue weighted by Crippen LogP contribution is -2.48. The number of nitrogens with zero attached hydrogens (tertiary/aromatic N) is 2. The van der Waals surface area contributed by atoms with Crippen LogP contribution < -0.4 is 5.32 Å². The molecule has 1 aliphatic rings. The molecule has 1 aromatic rings. The van der Waals surface area contributed by atoms with Crippen molar-refractivity contribution in [3.05, 3.63) is 16.4 Å². The Hall–Kier alpha value is -0.680. The highest BCUT2D eigenvalue weighted by Crippen LogP contribution is 2.31. The zero-order valence-corrected chi connectivity index (χ0v) is 13.3. The molecule has 0 aromatic carbocycles. The quantitative estimate of drug-likeness (QED) is 0.816. The minimum Gasteiger partial charge on any atom is -0.305 e. The van der Waals surface area contributed by atoms with Crippen LogP contribution in [0, 0.1) is 0 Å². The lowest BCUT2D eigenvalue weighted by molar-refractivity contribution is 0.0845. The van der Waals surface area contributed by atoms with E-state index in [4.69, 9.17) is 0 Å².